The van der Waals surface area contributed by atoms with Crippen LogP contribution in [0.5, 0.6) is 11.5 Å². The number of carboxylic acid groups (broad SMARTS) is 1. The number of hydrogen-bond acceptors (Lipinski definition) is 5. The summed E-state index contributed by atoms with van der Waals surface area (Å²) in [7, 11) is 0. The van der Waals surface area contributed by atoms with Crippen LogP contribution in [0.2, 0.25) is 0 Å². The van der Waals surface area contributed by atoms with Gasteiger partial charge in [-0.3, -0.25) is 14.4 Å². The van der Waals surface area contributed by atoms with Crippen molar-refractivity contribution in [3.8, 4) is 11.5 Å². The second kappa shape index (κ2) is 9.41. The highest BCUT2D eigenvalue weighted by molar-refractivity contribution is 6.05. The summed E-state index contributed by atoms with van der Waals surface area (Å²) in [6.07, 6.45) is 1.75. The molecular weight excluding hydrogens is 376 g/mol. The Morgan fingerprint density at radius 2 is 1.79 bits per heavy atom. The van der Waals surface area contributed by atoms with E-state index in [2.05, 4.69) is 10.6 Å². The van der Waals surface area contributed by atoms with Crippen molar-refractivity contribution in [3.63, 3.8) is 0 Å². The molecular formula is C21H20N2O6. The van der Waals surface area contributed by atoms with E-state index in [1.165, 1.54) is 6.08 Å². The molecule has 0 atom stereocenters. The molecule has 3 N–H and O–H groups in total. The Kier molecular flexibility index (Phi) is 6.47. The molecule has 2 amide bonds. The van der Waals surface area contributed by atoms with Crippen LogP contribution in [-0.4, -0.2) is 36.2 Å². The first-order chi connectivity index (χ1) is 14.0. The Balaban J connectivity index is 1.77. The standard InChI is InChI=1S/C21H20N2O6/c24-19(25)7-4-10-22-21(27)16(23-20(26)15-5-2-1-3-6-15)11-14-8-9-17-18(12-14)29-13-28-17/h1-3,5-6,8-9,11-12H,4,7,10,13H2,(H,22,27)(H,23,26)(H,24,25)/b16-11+. The molecule has 1 aliphatic heterocycles. The van der Waals surface area contributed by atoms with Crippen LogP contribution >= 0.6 is 0 Å². The minimum absolute atomic E-state index is 0.0352. The van der Waals surface area contributed by atoms with Crippen molar-refractivity contribution in [2.24, 2.45) is 0 Å². The molecule has 0 radical (unpaired) electrons. The molecule has 3 rings (SSSR count). The van der Waals surface area contributed by atoms with Crippen molar-refractivity contribution < 1.29 is 29.0 Å². The number of hydrogen-bond donors (Lipinski definition) is 3. The van der Waals surface area contributed by atoms with E-state index in [0.29, 0.717) is 22.6 Å². The van der Waals surface area contributed by atoms with Gasteiger partial charge in [-0.2, -0.15) is 0 Å². The SMILES string of the molecule is O=C(O)CCCNC(=O)/C(=C\c1ccc2c(c1)OCO2)NC(=O)c1ccccc1. The van der Waals surface area contributed by atoms with Crippen LogP contribution in [0.15, 0.2) is 54.2 Å². The number of ether oxygens (including phenoxy) is 2. The molecule has 0 spiro atoms. The summed E-state index contributed by atoms with van der Waals surface area (Å²) in [6, 6.07) is 13.7. The summed E-state index contributed by atoms with van der Waals surface area (Å²) in [6.45, 7) is 0.301. The third-order valence-electron chi connectivity index (χ3n) is 4.09. The van der Waals surface area contributed by atoms with Gasteiger partial charge in [0.1, 0.15) is 5.70 Å². The van der Waals surface area contributed by atoms with Gasteiger partial charge in [0, 0.05) is 18.5 Å². The third kappa shape index (κ3) is 5.58. The van der Waals surface area contributed by atoms with Crippen molar-refractivity contribution >= 4 is 23.9 Å². The van der Waals surface area contributed by atoms with Gasteiger partial charge in [0.15, 0.2) is 11.5 Å². The number of carboxylic acids is 1. The molecule has 0 saturated heterocycles. The number of carbonyl (C=O) groups is 3. The van der Waals surface area contributed by atoms with E-state index in [0.717, 1.165) is 0 Å². The second-order valence-electron chi connectivity index (χ2n) is 6.24. The molecule has 0 aromatic heterocycles. The fourth-order valence-electron chi connectivity index (χ4n) is 2.65. The number of aliphatic carboxylic acids is 1. The zero-order valence-electron chi connectivity index (χ0n) is 15.5. The number of fused-ring (bicyclic) bond motifs is 1. The van der Waals surface area contributed by atoms with E-state index in [9.17, 15) is 14.4 Å². The number of nitrogens with one attached hydrogen (secondary N) is 2. The lowest BCUT2D eigenvalue weighted by atomic mass is 10.1. The smallest absolute Gasteiger partial charge is 0.303 e. The predicted octanol–water partition coefficient (Wildman–Crippen LogP) is 2.17. The van der Waals surface area contributed by atoms with E-state index >= 15 is 0 Å². The number of rotatable bonds is 8. The molecule has 29 heavy (non-hydrogen) atoms. The van der Waals surface area contributed by atoms with Crippen LogP contribution in [0, 0.1) is 0 Å². The summed E-state index contributed by atoms with van der Waals surface area (Å²) in [5.41, 5.74) is 1.08. The lowest BCUT2D eigenvalue weighted by molar-refractivity contribution is -0.137. The molecule has 1 heterocycles. The minimum atomic E-state index is -0.937. The van der Waals surface area contributed by atoms with Crippen molar-refractivity contribution in [1.29, 1.82) is 0 Å². The van der Waals surface area contributed by atoms with Crippen LogP contribution < -0.4 is 20.1 Å². The molecule has 2 aromatic carbocycles. The summed E-state index contributed by atoms with van der Waals surface area (Å²) >= 11 is 0. The maximum atomic E-state index is 12.6. The van der Waals surface area contributed by atoms with Gasteiger partial charge >= 0.3 is 5.97 Å². The highest BCUT2D eigenvalue weighted by Crippen LogP contribution is 2.33. The molecule has 2 aromatic rings. The van der Waals surface area contributed by atoms with Crippen molar-refractivity contribution in [2.75, 3.05) is 13.3 Å². The lowest BCUT2D eigenvalue weighted by Crippen LogP contribution is -2.35. The Hall–Kier alpha value is -3.81. The van der Waals surface area contributed by atoms with Gasteiger partial charge in [0.25, 0.3) is 11.8 Å². The van der Waals surface area contributed by atoms with E-state index < -0.39 is 17.8 Å². The lowest BCUT2D eigenvalue weighted by Gasteiger charge is -2.11. The fraction of sp³-hybridized carbons (Fsp3) is 0.190. The highest BCUT2D eigenvalue weighted by atomic mass is 16.7. The fourth-order valence-corrected chi connectivity index (χ4v) is 2.65. The van der Waals surface area contributed by atoms with Crippen LogP contribution in [0.4, 0.5) is 0 Å². The molecule has 0 aliphatic carbocycles. The highest BCUT2D eigenvalue weighted by Gasteiger charge is 2.17. The van der Waals surface area contributed by atoms with Crippen molar-refractivity contribution in [3.05, 3.63) is 65.4 Å². The summed E-state index contributed by atoms with van der Waals surface area (Å²) in [4.78, 5) is 35.7. The van der Waals surface area contributed by atoms with Gasteiger partial charge in [-0.05, 0) is 42.3 Å². The van der Waals surface area contributed by atoms with E-state index in [4.69, 9.17) is 14.6 Å². The number of benzene rings is 2. The van der Waals surface area contributed by atoms with Gasteiger partial charge in [-0.1, -0.05) is 24.3 Å². The quantitative estimate of drug-likeness (QED) is 0.465. The zero-order chi connectivity index (χ0) is 20.6. The minimum Gasteiger partial charge on any atom is -0.481 e. The Labute approximate surface area is 167 Å². The predicted molar refractivity (Wildman–Crippen MR) is 104 cm³/mol. The maximum absolute atomic E-state index is 12.6. The zero-order valence-corrected chi connectivity index (χ0v) is 15.5. The van der Waals surface area contributed by atoms with E-state index in [1.54, 1.807) is 48.5 Å². The van der Waals surface area contributed by atoms with Crippen molar-refractivity contribution in [2.45, 2.75) is 12.8 Å². The van der Waals surface area contributed by atoms with Crippen LogP contribution in [0.25, 0.3) is 6.08 Å². The normalized spacial score (nSPS) is 12.3. The topological polar surface area (TPSA) is 114 Å². The monoisotopic (exact) mass is 396 g/mol. The molecule has 0 saturated carbocycles. The van der Waals surface area contributed by atoms with Crippen molar-refractivity contribution in [1.82, 2.24) is 10.6 Å². The van der Waals surface area contributed by atoms with Gasteiger partial charge in [-0.25, -0.2) is 0 Å². The summed E-state index contributed by atoms with van der Waals surface area (Å²) in [5.74, 6) is -0.729. The average Bonchev–Trinajstić information content (AvgIpc) is 3.19. The Morgan fingerprint density at radius 1 is 1.03 bits per heavy atom. The van der Waals surface area contributed by atoms with Gasteiger partial charge in [0.05, 0.1) is 0 Å². The number of amides is 2. The van der Waals surface area contributed by atoms with Crippen LogP contribution in [0.1, 0.15) is 28.8 Å². The van der Waals surface area contributed by atoms with Crippen LogP contribution in [-0.2, 0) is 9.59 Å². The summed E-state index contributed by atoms with van der Waals surface area (Å²) < 4.78 is 10.6. The Bertz CT molecular complexity index is 939. The summed E-state index contributed by atoms with van der Waals surface area (Å²) in [5, 5.41) is 13.9. The van der Waals surface area contributed by atoms with E-state index in [-0.39, 0.29) is 31.9 Å². The molecule has 8 heteroatoms. The molecule has 150 valence electrons. The molecule has 8 nitrogen and oxygen atoms in total. The average molecular weight is 396 g/mol. The maximum Gasteiger partial charge on any atom is 0.303 e. The first kappa shape index (κ1) is 19.9. The third-order valence-corrected chi connectivity index (χ3v) is 4.09. The largest absolute Gasteiger partial charge is 0.481 e. The van der Waals surface area contributed by atoms with Gasteiger partial charge in [-0.15, -0.1) is 0 Å². The van der Waals surface area contributed by atoms with Crippen LogP contribution in [0.3, 0.4) is 0 Å². The molecule has 0 unspecified atom stereocenters. The Morgan fingerprint density at radius 3 is 2.55 bits per heavy atom. The number of carbonyl (C=O) groups excluding carboxylic acids is 2. The van der Waals surface area contributed by atoms with Gasteiger partial charge in [0.2, 0.25) is 6.79 Å². The van der Waals surface area contributed by atoms with Gasteiger partial charge < -0.3 is 25.2 Å². The second-order valence-corrected chi connectivity index (χ2v) is 6.24. The molecule has 0 fully saturated rings. The molecule has 1 aliphatic rings. The first-order valence-electron chi connectivity index (χ1n) is 9.00. The van der Waals surface area contributed by atoms with E-state index in [1.807, 2.05) is 0 Å². The molecule has 0 bridgehead atoms. The first-order valence-corrected chi connectivity index (χ1v) is 9.00.